The van der Waals surface area contributed by atoms with Crippen molar-refractivity contribution in [2.45, 2.75) is 61.4 Å². The SMILES string of the molecule is CC(C)C(=O)NC(C(C)(C)C)C(C)(C)C. The molecule has 0 radical (unpaired) electrons. The van der Waals surface area contributed by atoms with Crippen LogP contribution in [0.1, 0.15) is 55.4 Å². The molecule has 0 aromatic rings. The van der Waals surface area contributed by atoms with Gasteiger partial charge in [-0.2, -0.15) is 0 Å². The van der Waals surface area contributed by atoms with Gasteiger partial charge >= 0.3 is 0 Å². The average Bonchev–Trinajstić information content (AvgIpc) is 1.94. The maximum absolute atomic E-state index is 11.7. The van der Waals surface area contributed by atoms with E-state index in [0.29, 0.717) is 0 Å². The molecule has 0 unspecified atom stereocenters. The highest BCUT2D eigenvalue weighted by Crippen LogP contribution is 2.33. The Hall–Kier alpha value is -0.530. The molecule has 0 fully saturated rings. The predicted molar refractivity (Wildman–Crippen MR) is 65.7 cm³/mol. The fourth-order valence-electron chi connectivity index (χ4n) is 2.04. The Bertz CT molecular complexity index is 204. The van der Waals surface area contributed by atoms with Gasteiger partial charge < -0.3 is 5.32 Å². The third kappa shape index (κ3) is 4.67. The molecule has 0 aliphatic rings. The van der Waals surface area contributed by atoms with Crippen LogP contribution in [-0.2, 0) is 4.79 Å². The number of carbonyl (C=O) groups is 1. The first-order valence-corrected chi connectivity index (χ1v) is 5.76. The first-order valence-electron chi connectivity index (χ1n) is 5.76. The minimum Gasteiger partial charge on any atom is -0.352 e. The molecule has 0 aliphatic carbocycles. The van der Waals surface area contributed by atoms with Crippen molar-refractivity contribution in [3.05, 3.63) is 0 Å². The lowest BCUT2D eigenvalue weighted by molar-refractivity contribution is -0.126. The average molecular weight is 213 g/mol. The predicted octanol–water partition coefficient (Wildman–Crippen LogP) is 3.22. The summed E-state index contributed by atoms with van der Waals surface area (Å²) in [5.41, 5.74) is 0.172. The van der Waals surface area contributed by atoms with Crippen molar-refractivity contribution in [1.29, 1.82) is 0 Å². The lowest BCUT2D eigenvalue weighted by atomic mass is 9.72. The highest BCUT2D eigenvalue weighted by molar-refractivity contribution is 5.78. The summed E-state index contributed by atoms with van der Waals surface area (Å²) in [5, 5.41) is 3.16. The van der Waals surface area contributed by atoms with Gasteiger partial charge in [0.15, 0.2) is 0 Å². The van der Waals surface area contributed by atoms with Crippen molar-refractivity contribution in [3.8, 4) is 0 Å². The van der Waals surface area contributed by atoms with Crippen molar-refractivity contribution in [2.75, 3.05) is 0 Å². The van der Waals surface area contributed by atoms with Gasteiger partial charge in [-0.1, -0.05) is 55.4 Å². The molecule has 2 heteroatoms. The van der Waals surface area contributed by atoms with Crippen LogP contribution in [0.4, 0.5) is 0 Å². The molecule has 0 bridgehead atoms. The van der Waals surface area contributed by atoms with Crippen LogP contribution in [0.5, 0.6) is 0 Å². The zero-order valence-corrected chi connectivity index (χ0v) is 11.6. The molecule has 0 heterocycles. The van der Waals surface area contributed by atoms with Crippen molar-refractivity contribution in [2.24, 2.45) is 16.7 Å². The minimum absolute atomic E-state index is 0.0530. The molecule has 90 valence electrons. The monoisotopic (exact) mass is 213 g/mol. The van der Waals surface area contributed by atoms with E-state index in [4.69, 9.17) is 0 Å². The highest BCUT2D eigenvalue weighted by atomic mass is 16.1. The Morgan fingerprint density at radius 2 is 1.27 bits per heavy atom. The molecule has 0 aliphatic heterocycles. The second-order valence-corrected chi connectivity index (χ2v) is 6.83. The van der Waals surface area contributed by atoms with Gasteiger partial charge in [-0.05, 0) is 10.8 Å². The molecule has 0 atom stereocenters. The van der Waals surface area contributed by atoms with Crippen molar-refractivity contribution >= 4 is 5.91 Å². The third-order valence-electron chi connectivity index (χ3n) is 2.54. The van der Waals surface area contributed by atoms with Gasteiger partial charge in [-0.3, -0.25) is 4.79 Å². The number of carbonyl (C=O) groups excluding carboxylic acids is 1. The normalized spacial score (nSPS) is 13.5. The summed E-state index contributed by atoms with van der Waals surface area (Å²) < 4.78 is 0. The lowest BCUT2D eigenvalue weighted by Gasteiger charge is -2.41. The molecule has 1 N–H and O–H groups in total. The van der Waals surface area contributed by atoms with E-state index < -0.39 is 0 Å². The van der Waals surface area contributed by atoms with Gasteiger partial charge in [0.25, 0.3) is 0 Å². The Morgan fingerprint density at radius 1 is 0.933 bits per heavy atom. The summed E-state index contributed by atoms with van der Waals surface area (Å²) in [6.07, 6.45) is 0. The molecule has 1 amide bonds. The number of rotatable bonds is 2. The summed E-state index contributed by atoms with van der Waals surface area (Å²) in [7, 11) is 0. The number of amides is 1. The third-order valence-corrected chi connectivity index (χ3v) is 2.54. The smallest absolute Gasteiger partial charge is 0.222 e. The number of hydrogen-bond donors (Lipinski definition) is 1. The maximum atomic E-state index is 11.7. The van der Waals surface area contributed by atoms with Crippen LogP contribution < -0.4 is 5.32 Å². The van der Waals surface area contributed by atoms with E-state index in [-0.39, 0.29) is 28.7 Å². The summed E-state index contributed by atoms with van der Waals surface area (Å²) in [6.45, 7) is 16.9. The van der Waals surface area contributed by atoms with Crippen LogP contribution in [0.2, 0.25) is 0 Å². The van der Waals surface area contributed by atoms with Gasteiger partial charge in [0, 0.05) is 12.0 Å². The van der Waals surface area contributed by atoms with E-state index in [1.165, 1.54) is 0 Å². The number of hydrogen-bond acceptors (Lipinski definition) is 1. The highest BCUT2D eigenvalue weighted by Gasteiger charge is 2.36. The molecule has 0 saturated heterocycles. The molecule has 0 saturated carbocycles. The van der Waals surface area contributed by atoms with E-state index in [1.54, 1.807) is 0 Å². The van der Waals surface area contributed by atoms with Crippen molar-refractivity contribution in [3.63, 3.8) is 0 Å². The van der Waals surface area contributed by atoms with Crippen LogP contribution in [0.25, 0.3) is 0 Å². The lowest BCUT2D eigenvalue weighted by Crippen LogP contribution is -2.52. The summed E-state index contributed by atoms with van der Waals surface area (Å²) >= 11 is 0. The fraction of sp³-hybridized carbons (Fsp3) is 0.923. The first-order chi connectivity index (χ1) is 6.46. The molecular formula is C13H27NO. The maximum Gasteiger partial charge on any atom is 0.222 e. The molecule has 0 spiro atoms. The van der Waals surface area contributed by atoms with Crippen LogP contribution in [0, 0.1) is 16.7 Å². The van der Waals surface area contributed by atoms with Gasteiger partial charge in [0.05, 0.1) is 0 Å². The topological polar surface area (TPSA) is 29.1 Å². The van der Waals surface area contributed by atoms with Gasteiger partial charge in [0.1, 0.15) is 0 Å². The molecule has 15 heavy (non-hydrogen) atoms. The van der Waals surface area contributed by atoms with Crippen LogP contribution >= 0.6 is 0 Å². The Kier molecular flexibility index (Phi) is 4.38. The van der Waals surface area contributed by atoms with Crippen LogP contribution in [-0.4, -0.2) is 11.9 Å². The van der Waals surface area contributed by atoms with Crippen molar-refractivity contribution in [1.82, 2.24) is 5.32 Å². The van der Waals surface area contributed by atoms with E-state index in [9.17, 15) is 4.79 Å². The van der Waals surface area contributed by atoms with E-state index in [0.717, 1.165) is 0 Å². The Morgan fingerprint density at radius 3 is 1.47 bits per heavy atom. The fourth-order valence-corrected chi connectivity index (χ4v) is 2.04. The molecule has 0 aromatic carbocycles. The quantitative estimate of drug-likeness (QED) is 0.749. The van der Waals surface area contributed by atoms with Crippen LogP contribution in [0.15, 0.2) is 0 Å². The molecular weight excluding hydrogens is 186 g/mol. The van der Waals surface area contributed by atoms with E-state index >= 15 is 0 Å². The second kappa shape index (κ2) is 4.54. The van der Waals surface area contributed by atoms with Gasteiger partial charge in [0.2, 0.25) is 5.91 Å². The summed E-state index contributed by atoms with van der Waals surface area (Å²) in [5.74, 6) is 0.196. The van der Waals surface area contributed by atoms with E-state index in [1.807, 2.05) is 13.8 Å². The van der Waals surface area contributed by atoms with Crippen molar-refractivity contribution < 1.29 is 4.79 Å². The largest absolute Gasteiger partial charge is 0.352 e. The van der Waals surface area contributed by atoms with E-state index in [2.05, 4.69) is 46.9 Å². The van der Waals surface area contributed by atoms with Gasteiger partial charge in [-0.25, -0.2) is 0 Å². The Labute approximate surface area is 94.8 Å². The Balaban J connectivity index is 4.77. The summed E-state index contributed by atoms with van der Waals surface area (Å²) in [4.78, 5) is 11.7. The molecule has 0 aromatic heterocycles. The minimum atomic E-state index is 0.0530. The second-order valence-electron chi connectivity index (χ2n) is 6.83. The first kappa shape index (κ1) is 14.5. The zero-order valence-electron chi connectivity index (χ0n) is 11.6. The number of nitrogens with one attached hydrogen (secondary N) is 1. The summed E-state index contributed by atoms with van der Waals surface area (Å²) in [6, 6.07) is 0.194. The molecule has 2 nitrogen and oxygen atoms in total. The van der Waals surface area contributed by atoms with Gasteiger partial charge in [-0.15, -0.1) is 0 Å². The zero-order chi connectivity index (χ0) is 12.4. The molecule has 0 rings (SSSR count). The standard InChI is InChI=1S/C13H27NO/c1-9(2)10(15)14-11(12(3,4)5)13(6,7)8/h9,11H,1-8H3,(H,14,15). The van der Waals surface area contributed by atoms with Crippen LogP contribution in [0.3, 0.4) is 0 Å².